The molecule has 0 spiro atoms. The Balaban J connectivity index is 1.35. The van der Waals surface area contributed by atoms with Crippen LogP contribution in [0.1, 0.15) is 84.5 Å². The maximum atomic E-state index is 2.55. The van der Waals surface area contributed by atoms with E-state index in [2.05, 4.69) is 109 Å². The Morgan fingerprint density at radius 1 is 0.341 bits per heavy atom. The Morgan fingerprint density at radius 2 is 0.682 bits per heavy atom. The van der Waals surface area contributed by atoms with Gasteiger partial charge >= 0.3 is 0 Å². The van der Waals surface area contributed by atoms with Crippen LogP contribution >= 0.6 is 0 Å². The van der Waals surface area contributed by atoms with Crippen LogP contribution in [-0.4, -0.2) is 0 Å². The number of hydrogen-bond acceptors (Lipinski definition) is 0. The molecule has 11 rings (SSSR count). The van der Waals surface area contributed by atoms with Crippen molar-refractivity contribution in [2.45, 2.75) is 62.2 Å². The van der Waals surface area contributed by atoms with Crippen molar-refractivity contribution in [3.63, 3.8) is 0 Å². The molecule has 0 amide bonds. The van der Waals surface area contributed by atoms with E-state index in [-0.39, 0.29) is 0 Å². The molecule has 7 aromatic rings. The monoisotopic (exact) mass is 562 g/mol. The van der Waals surface area contributed by atoms with E-state index in [1.54, 1.807) is 22.3 Å². The third kappa shape index (κ3) is 2.99. The van der Waals surface area contributed by atoms with Crippen LogP contribution in [0.5, 0.6) is 0 Å². The fourth-order valence-corrected chi connectivity index (χ4v) is 10.6. The molecule has 4 unspecified atom stereocenters. The number of benzene rings is 7. The van der Waals surface area contributed by atoms with E-state index in [1.165, 1.54) is 104 Å². The van der Waals surface area contributed by atoms with Gasteiger partial charge in [-0.15, -0.1) is 0 Å². The molecule has 210 valence electrons. The first kappa shape index (κ1) is 24.0. The molecule has 0 heteroatoms. The Labute approximate surface area is 258 Å². The highest BCUT2D eigenvalue weighted by Gasteiger charge is 2.41. The highest BCUT2D eigenvalue weighted by atomic mass is 14.5. The molecule has 4 aliphatic carbocycles. The zero-order valence-electron chi connectivity index (χ0n) is 24.9. The van der Waals surface area contributed by atoms with Gasteiger partial charge in [0.1, 0.15) is 0 Å². The number of fused-ring (bicyclic) bond motifs is 14. The summed E-state index contributed by atoms with van der Waals surface area (Å²) < 4.78 is 0. The third-order valence-electron chi connectivity index (χ3n) is 12.2. The topological polar surface area (TPSA) is 0 Å². The maximum Gasteiger partial charge on any atom is -0.00172 e. The normalized spacial score (nSPS) is 22.9. The predicted molar refractivity (Wildman–Crippen MR) is 186 cm³/mol. The summed E-state index contributed by atoms with van der Waals surface area (Å²) in [6, 6.07) is 42.3. The zero-order valence-corrected chi connectivity index (χ0v) is 24.9. The molecule has 0 N–H and O–H groups in total. The van der Waals surface area contributed by atoms with E-state index >= 15 is 0 Å². The highest BCUT2D eigenvalue weighted by molar-refractivity contribution is 6.26. The fourth-order valence-electron chi connectivity index (χ4n) is 10.6. The van der Waals surface area contributed by atoms with Crippen LogP contribution < -0.4 is 0 Å². The van der Waals surface area contributed by atoms with Gasteiger partial charge in [0.2, 0.25) is 0 Å². The van der Waals surface area contributed by atoms with Gasteiger partial charge in [-0.05, 0) is 150 Å². The van der Waals surface area contributed by atoms with Gasteiger partial charge in [0.05, 0.1) is 0 Å². The second kappa shape index (κ2) is 8.60. The molecule has 0 saturated heterocycles. The van der Waals surface area contributed by atoms with Gasteiger partial charge in [0.15, 0.2) is 0 Å². The molecule has 2 fully saturated rings. The van der Waals surface area contributed by atoms with Gasteiger partial charge < -0.3 is 0 Å². The molecular formula is C44H34. The van der Waals surface area contributed by atoms with Gasteiger partial charge in [0.25, 0.3) is 0 Å². The molecular weight excluding hydrogens is 528 g/mol. The van der Waals surface area contributed by atoms with Gasteiger partial charge in [0, 0.05) is 0 Å². The van der Waals surface area contributed by atoms with E-state index in [0.29, 0.717) is 11.8 Å². The Kier molecular flexibility index (Phi) is 4.69. The summed E-state index contributed by atoms with van der Waals surface area (Å²) in [4.78, 5) is 0. The SMILES string of the molecule is c1ccc2c(-c3c4ccccc4c(-c4c5c(cc6ccccc46)C4CCC5C4)c4ccccc34)c3c(cc2c1)C1CCC3C1. The standard InChI is InChI=1S/C44H34/c1-3-11-31-25(9-1)23-37-27-17-19-29(21-27)39(37)43(31)41-33-13-5-7-15-35(33)42(36-16-8-6-14-34(36)41)44-32-12-4-2-10-26(32)24-38-28-18-20-30(22-28)40(38)44/h1-16,23-24,27-30H,17-22H2. The molecule has 4 atom stereocenters. The van der Waals surface area contributed by atoms with Crippen molar-refractivity contribution in [3.05, 3.63) is 131 Å². The highest BCUT2D eigenvalue weighted by Crippen LogP contribution is 2.61. The summed E-state index contributed by atoms with van der Waals surface area (Å²) in [5, 5.41) is 11.3. The lowest BCUT2D eigenvalue weighted by Crippen LogP contribution is -2.04. The molecule has 44 heavy (non-hydrogen) atoms. The number of hydrogen-bond donors (Lipinski definition) is 0. The minimum absolute atomic E-state index is 0.684. The first-order chi connectivity index (χ1) is 21.8. The minimum Gasteiger partial charge on any atom is -0.0616 e. The van der Waals surface area contributed by atoms with Crippen LogP contribution in [-0.2, 0) is 0 Å². The van der Waals surface area contributed by atoms with Gasteiger partial charge in [-0.2, -0.15) is 0 Å². The number of rotatable bonds is 2. The Hall–Kier alpha value is -4.42. The molecule has 2 saturated carbocycles. The maximum absolute atomic E-state index is 2.55. The van der Waals surface area contributed by atoms with E-state index < -0.39 is 0 Å². The summed E-state index contributed by atoms with van der Waals surface area (Å²) in [5.41, 5.74) is 12.5. The molecule has 4 bridgehead atoms. The summed E-state index contributed by atoms with van der Waals surface area (Å²) in [6.07, 6.45) is 8.03. The van der Waals surface area contributed by atoms with Crippen molar-refractivity contribution in [1.82, 2.24) is 0 Å². The van der Waals surface area contributed by atoms with E-state index in [0.717, 1.165) is 11.8 Å². The van der Waals surface area contributed by atoms with Gasteiger partial charge in [-0.1, -0.05) is 109 Å². The van der Waals surface area contributed by atoms with Crippen LogP contribution in [0.15, 0.2) is 109 Å². The average Bonchev–Trinajstić information content (AvgIpc) is 3.89. The van der Waals surface area contributed by atoms with Crippen molar-refractivity contribution < 1.29 is 0 Å². The third-order valence-corrected chi connectivity index (χ3v) is 12.2. The quantitative estimate of drug-likeness (QED) is 0.184. The molecule has 0 radical (unpaired) electrons. The van der Waals surface area contributed by atoms with Crippen LogP contribution in [0, 0.1) is 0 Å². The van der Waals surface area contributed by atoms with E-state index in [1.807, 2.05) is 0 Å². The molecule has 0 heterocycles. The van der Waals surface area contributed by atoms with Gasteiger partial charge in [-0.25, -0.2) is 0 Å². The second-order valence-corrected chi connectivity index (χ2v) is 14.2. The molecule has 7 aromatic carbocycles. The lowest BCUT2D eigenvalue weighted by atomic mass is 9.76. The molecule has 4 aliphatic rings. The van der Waals surface area contributed by atoms with Crippen molar-refractivity contribution in [3.8, 4) is 22.3 Å². The van der Waals surface area contributed by atoms with Crippen molar-refractivity contribution >= 4 is 43.1 Å². The molecule has 0 nitrogen and oxygen atoms in total. The van der Waals surface area contributed by atoms with E-state index in [9.17, 15) is 0 Å². The minimum atomic E-state index is 0.684. The lowest BCUT2D eigenvalue weighted by Gasteiger charge is -2.27. The Morgan fingerprint density at radius 3 is 1.09 bits per heavy atom. The predicted octanol–water partition coefficient (Wildman–Crippen LogP) is 12.4. The molecule has 0 aromatic heterocycles. The summed E-state index contributed by atoms with van der Waals surface area (Å²) in [7, 11) is 0. The fraction of sp³-hybridized carbons (Fsp3) is 0.227. The van der Waals surface area contributed by atoms with Crippen molar-refractivity contribution in [1.29, 1.82) is 0 Å². The first-order valence-electron chi connectivity index (χ1n) is 16.9. The van der Waals surface area contributed by atoms with Crippen LogP contribution in [0.4, 0.5) is 0 Å². The summed E-state index contributed by atoms with van der Waals surface area (Å²) >= 11 is 0. The van der Waals surface area contributed by atoms with Crippen molar-refractivity contribution in [2.75, 3.05) is 0 Å². The average molecular weight is 563 g/mol. The van der Waals surface area contributed by atoms with Crippen molar-refractivity contribution in [2.24, 2.45) is 0 Å². The second-order valence-electron chi connectivity index (χ2n) is 14.2. The summed E-state index contributed by atoms with van der Waals surface area (Å²) in [6.45, 7) is 0. The lowest BCUT2D eigenvalue weighted by molar-refractivity contribution is 0.720. The zero-order chi connectivity index (χ0) is 28.5. The summed E-state index contributed by atoms with van der Waals surface area (Å²) in [5.74, 6) is 2.82. The molecule has 0 aliphatic heterocycles. The van der Waals surface area contributed by atoms with E-state index in [4.69, 9.17) is 0 Å². The Bertz CT molecular complexity index is 2150. The largest absolute Gasteiger partial charge is 0.0616 e. The smallest absolute Gasteiger partial charge is 0.00172 e. The van der Waals surface area contributed by atoms with Crippen LogP contribution in [0.3, 0.4) is 0 Å². The first-order valence-corrected chi connectivity index (χ1v) is 16.9. The van der Waals surface area contributed by atoms with Gasteiger partial charge in [-0.3, -0.25) is 0 Å². The van der Waals surface area contributed by atoms with Crippen LogP contribution in [0.2, 0.25) is 0 Å². The van der Waals surface area contributed by atoms with Crippen LogP contribution in [0.25, 0.3) is 65.3 Å².